The molecule has 2 fully saturated rings. The van der Waals surface area contributed by atoms with Gasteiger partial charge in [-0.3, -0.25) is 9.59 Å². The first-order chi connectivity index (χ1) is 15.7. The maximum absolute atomic E-state index is 12.8. The van der Waals surface area contributed by atoms with Crippen LogP contribution in [0.1, 0.15) is 46.0 Å². The molecule has 1 aliphatic heterocycles. The Hall–Kier alpha value is -2.66. The molecule has 11 heteroatoms. The van der Waals surface area contributed by atoms with Gasteiger partial charge < -0.3 is 20.4 Å². The van der Waals surface area contributed by atoms with Gasteiger partial charge in [0, 0.05) is 44.8 Å². The van der Waals surface area contributed by atoms with Crippen LogP contribution >= 0.6 is 0 Å². The third kappa shape index (κ3) is 6.91. The first-order valence-corrected chi connectivity index (χ1v) is 12.9. The number of carbonyl (C=O) groups excluding carboxylic acids is 3. The standard InChI is InChI=1S/C22H33N5O5S/c1-16(25-33(31,32)20-10-8-19(9-11-20)23-17(2)28)21(29)26-12-14-27(15-13-26)22(30)24-18-6-4-3-5-7-18/h8-11,16,18,25H,3-7,12-15H2,1-2H3,(H,23,28)(H,24,30)/t16-/m0/s1. The Morgan fingerprint density at radius 2 is 1.52 bits per heavy atom. The fourth-order valence-electron chi connectivity index (χ4n) is 4.19. The van der Waals surface area contributed by atoms with E-state index in [4.69, 9.17) is 0 Å². The van der Waals surface area contributed by atoms with E-state index in [1.807, 2.05) is 0 Å². The molecule has 33 heavy (non-hydrogen) atoms. The summed E-state index contributed by atoms with van der Waals surface area (Å²) in [5.41, 5.74) is 0.482. The molecule has 4 amide bonds. The van der Waals surface area contributed by atoms with Crippen molar-refractivity contribution >= 4 is 33.6 Å². The number of urea groups is 1. The number of piperazine rings is 1. The molecule has 1 heterocycles. The van der Waals surface area contributed by atoms with Crippen LogP contribution in [-0.2, 0) is 19.6 Å². The van der Waals surface area contributed by atoms with Crippen LogP contribution in [0, 0.1) is 0 Å². The van der Waals surface area contributed by atoms with Gasteiger partial charge in [0.1, 0.15) is 0 Å². The number of nitrogens with zero attached hydrogens (tertiary/aromatic N) is 2. The van der Waals surface area contributed by atoms with Crippen LogP contribution in [0.2, 0.25) is 0 Å². The normalized spacial score (nSPS) is 18.5. The lowest BCUT2D eigenvalue weighted by Gasteiger charge is -2.37. The molecule has 0 radical (unpaired) electrons. The second-order valence-electron chi connectivity index (χ2n) is 8.65. The Kier molecular flexibility index (Phi) is 8.30. The number of hydrogen-bond acceptors (Lipinski definition) is 5. The highest BCUT2D eigenvalue weighted by Crippen LogP contribution is 2.18. The van der Waals surface area contributed by atoms with E-state index in [2.05, 4.69) is 15.4 Å². The first-order valence-electron chi connectivity index (χ1n) is 11.4. The van der Waals surface area contributed by atoms with E-state index in [9.17, 15) is 22.8 Å². The van der Waals surface area contributed by atoms with Crippen molar-refractivity contribution in [1.29, 1.82) is 0 Å². The largest absolute Gasteiger partial charge is 0.338 e. The highest BCUT2D eigenvalue weighted by molar-refractivity contribution is 7.89. The van der Waals surface area contributed by atoms with E-state index in [0.29, 0.717) is 31.9 Å². The molecule has 0 unspecified atom stereocenters. The minimum Gasteiger partial charge on any atom is -0.338 e. The van der Waals surface area contributed by atoms with Gasteiger partial charge in [-0.05, 0) is 44.0 Å². The number of carbonyl (C=O) groups is 3. The minimum absolute atomic E-state index is 0.000421. The van der Waals surface area contributed by atoms with E-state index in [0.717, 1.165) is 25.7 Å². The van der Waals surface area contributed by atoms with Gasteiger partial charge in [0.2, 0.25) is 21.8 Å². The summed E-state index contributed by atoms with van der Waals surface area (Å²) in [6, 6.07) is 4.90. The molecule has 1 aromatic carbocycles. The lowest BCUT2D eigenvalue weighted by molar-refractivity contribution is -0.134. The zero-order chi connectivity index (χ0) is 24.0. The molecule has 10 nitrogen and oxygen atoms in total. The van der Waals surface area contributed by atoms with E-state index in [1.165, 1.54) is 44.5 Å². The third-order valence-electron chi connectivity index (χ3n) is 6.00. The summed E-state index contributed by atoms with van der Waals surface area (Å²) < 4.78 is 27.7. The Morgan fingerprint density at radius 3 is 2.09 bits per heavy atom. The van der Waals surface area contributed by atoms with Crippen molar-refractivity contribution in [3.63, 3.8) is 0 Å². The highest BCUT2D eigenvalue weighted by Gasteiger charge is 2.30. The molecule has 182 valence electrons. The SMILES string of the molecule is CC(=O)Nc1ccc(S(=O)(=O)N[C@@H](C)C(=O)N2CCN(C(=O)NC3CCCCC3)CC2)cc1. The smallest absolute Gasteiger partial charge is 0.317 e. The van der Waals surface area contributed by atoms with Gasteiger partial charge >= 0.3 is 6.03 Å². The molecule has 1 saturated heterocycles. The van der Waals surface area contributed by atoms with Gasteiger partial charge in [-0.1, -0.05) is 19.3 Å². The number of nitrogens with one attached hydrogen (secondary N) is 3. The van der Waals surface area contributed by atoms with E-state index in [-0.39, 0.29) is 28.8 Å². The van der Waals surface area contributed by atoms with Crippen molar-refractivity contribution in [2.75, 3.05) is 31.5 Å². The number of anilines is 1. The highest BCUT2D eigenvalue weighted by atomic mass is 32.2. The molecule has 3 N–H and O–H groups in total. The molecule has 1 saturated carbocycles. The summed E-state index contributed by atoms with van der Waals surface area (Å²) in [6.07, 6.45) is 5.52. The molecule has 1 aliphatic carbocycles. The Bertz CT molecular complexity index is 952. The molecule has 1 atom stereocenters. The van der Waals surface area contributed by atoms with Crippen molar-refractivity contribution in [3.8, 4) is 0 Å². The molecule has 0 aromatic heterocycles. The molecular weight excluding hydrogens is 446 g/mol. The number of rotatable bonds is 6. The van der Waals surface area contributed by atoms with Gasteiger partial charge in [0.25, 0.3) is 0 Å². The van der Waals surface area contributed by atoms with Crippen molar-refractivity contribution < 1.29 is 22.8 Å². The quantitative estimate of drug-likeness (QED) is 0.570. The molecule has 3 rings (SSSR count). The number of benzene rings is 1. The number of hydrogen-bond donors (Lipinski definition) is 3. The van der Waals surface area contributed by atoms with Crippen LogP contribution in [-0.4, -0.2) is 74.3 Å². The van der Waals surface area contributed by atoms with Gasteiger partial charge in [-0.15, -0.1) is 0 Å². The van der Waals surface area contributed by atoms with Crippen LogP contribution in [0.5, 0.6) is 0 Å². The van der Waals surface area contributed by atoms with Crippen molar-refractivity contribution in [2.24, 2.45) is 0 Å². The average molecular weight is 480 g/mol. The molecule has 1 aromatic rings. The summed E-state index contributed by atoms with van der Waals surface area (Å²) >= 11 is 0. The van der Waals surface area contributed by atoms with E-state index >= 15 is 0 Å². The summed E-state index contributed by atoms with van der Waals surface area (Å²) in [6.45, 7) is 4.40. The second kappa shape index (κ2) is 11.0. The molecule has 0 spiro atoms. The van der Waals surface area contributed by atoms with E-state index < -0.39 is 16.1 Å². The lowest BCUT2D eigenvalue weighted by atomic mass is 9.96. The van der Waals surface area contributed by atoms with Gasteiger partial charge in [-0.2, -0.15) is 4.72 Å². The van der Waals surface area contributed by atoms with Crippen LogP contribution in [0.4, 0.5) is 10.5 Å². The molecule has 2 aliphatic rings. The predicted octanol–water partition coefficient (Wildman–Crippen LogP) is 1.50. The van der Waals surface area contributed by atoms with Gasteiger partial charge in [-0.25, -0.2) is 13.2 Å². The van der Waals surface area contributed by atoms with Crippen molar-refractivity contribution in [2.45, 2.75) is 62.9 Å². The summed E-state index contributed by atoms with van der Waals surface area (Å²) in [5.74, 6) is -0.588. The topological polar surface area (TPSA) is 128 Å². The van der Waals surface area contributed by atoms with Crippen LogP contribution in [0.25, 0.3) is 0 Å². The number of sulfonamides is 1. The van der Waals surface area contributed by atoms with Crippen molar-refractivity contribution in [1.82, 2.24) is 19.8 Å². The maximum atomic E-state index is 12.8. The van der Waals surface area contributed by atoms with E-state index in [1.54, 1.807) is 9.80 Å². The summed E-state index contributed by atoms with van der Waals surface area (Å²) in [7, 11) is -3.91. The summed E-state index contributed by atoms with van der Waals surface area (Å²) in [4.78, 5) is 39.7. The van der Waals surface area contributed by atoms with Gasteiger partial charge in [0.15, 0.2) is 0 Å². The fraction of sp³-hybridized carbons (Fsp3) is 0.591. The summed E-state index contributed by atoms with van der Waals surface area (Å²) in [5, 5.41) is 5.66. The fourth-order valence-corrected chi connectivity index (χ4v) is 5.39. The molecular formula is C22H33N5O5S. The maximum Gasteiger partial charge on any atom is 0.317 e. The average Bonchev–Trinajstić information content (AvgIpc) is 2.79. The monoisotopic (exact) mass is 479 g/mol. The zero-order valence-corrected chi connectivity index (χ0v) is 20.0. The Labute approximate surface area is 195 Å². The Balaban J connectivity index is 1.49. The van der Waals surface area contributed by atoms with Crippen LogP contribution in [0.3, 0.4) is 0 Å². The predicted molar refractivity (Wildman–Crippen MR) is 124 cm³/mol. The zero-order valence-electron chi connectivity index (χ0n) is 19.2. The number of amides is 4. The lowest BCUT2D eigenvalue weighted by Crippen LogP contribution is -2.57. The third-order valence-corrected chi connectivity index (χ3v) is 7.56. The first kappa shape index (κ1) is 25.0. The van der Waals surface area contributed by atoms with Crippen LogP contribution in [0.15, 0.2) is 29.2 Å². The minimum atomic E-state index is -3.91. The van der Waals surface area contributed by atoms with Gasteiger partial charge in [0.05, 0.1) is 10.9 Å². The van der Waals surface area contributed by atoms with Crippen molar-refractivity contribution in [3.05, 3.63) is 24.3 Å². The van der Waals surface area contributed by atoms with Crippen LogP contribution < -0.4 is 15.4 Å². The second-order valence-corrected chi connectivity index (χ2v) is 10.4. The Morgan fingerprint density at radius 1 is 0.939 bits per heavy atom. The molecule has 0 bridgehead atoms.